The number of nitrogens with one attached hydrogen (secondary N) is 2. The number of hydrogen-bond acceptors (Lipinski definition) is 6. The van der Waals surface area contributed by atoms with Gasteiger partial charge in [-0.25, -0.2) is 5.43 Å². The first-order valence-electron chi connectivity index (χ1n) is 11.2. The fraction of sp³-hybridized carbons (Fsp3) is 0.375. The second-order valence-electron chi connectivity index (χ2n) is 8.48. The Balaban J connectivity index is 1.73. The number of carbonyl (C=O) groups excluding carboxylic acids is 2. The van der Waals surface area contributed by atoms with E-state index in [1.54, 1.807) is 30.3 Å². The highest BCUT2D eigenvalue weighted by Crippen LogP contribution is 2.27. The predicted octanol–water partition coefficient (Wildman–Crippen LogP) is 4.14. The molecular formula is C24H28ClN5O4. The van der Waals surface area contributed by atoms with Gasteiger partial charge < -0.3 is 10.2 Å². The molecule has 0 radical (unpaired) electrons. The molecule has 1 aliphatic rings. The van der Waals surface area contributed by atoms with Crippen LogP contribution in [0, 0.1) is 16.0 Å². The largest absolute Gasteiger partial charge is 0.371 e. The molecule has 0 spiro atoms. The van der Waals surface area contributed by atoms with E-state index in [9.17, 15) is 19.7 Å². The monoisotopic (exact) mass is 485 g/mol. The first-order chi connectivity index (χ1) is 16.3. The summed E-state index contributed by atoms with van der Waals surface area (Å²) in [6, 6.07) is 10.2. The molecule has 0 aromatic heterocycles. The third kappa shape index (κ3) is 6.54. The number of halogens is 1. The van der Waals surface area contributed by atoms with E-state index in [2.05, 4.69) is 20.7 Å². The van der Waals surface area contributed by atoms with Gasteiger partial charge in [-0.1, -0.05) is 25.4 Å². The maximum absolute atomic E-state index is 12.8. The number of hydrazone groups is 1. The SMILES string of the molecule is CC(C)C(NC(=O)c1ccc(Cl)cc1)C(=O)N/N=C\c1cc([N+](=O)[O-])ccc1N1CCCCC1. The topological polar surface area (TPSA) is 117 Å². The van der Waals surface area contributed by atoms with Crippen LogP contribution in [0.25, 0.3) is 0 Å². The minimum atomic E-state index is -0.827. The third-order valence-corrected chi connectivity index (χ3v) is 5.89. The van der Waals surface area contributed by atoms with Crippen LogP contribution in [-0.4, -0.2) is 42.1 Å². The molecule has 34 heavy (non-hydrogen) atoms. The molecular weight excluding hydrogens is 458 g/mol. The van der Waals surface area contributed by atoms with E-state index in [1.807, 2.05) is 13.8 Å². The number of non-ortho nitro benzene ring substituents is 1. The molecule has 2 amide bonds. The van der Waals surface area contributed by atoms with Gasteiger partial charge in [-0.05, 0) is 55.5 Å². The van der Waals surface area contributed by atoms with Crippen LogP contribution in [0.15, 0.2) is 47.6 Å². The number of carbonyl (C=O) groups is 2. The summed E-state index contributed by atoms with van der Waals surface area (Å²) in [4.78, 5) is 38.3. The zero-order chi connectivity index (χ0) is 24.7. The number of nitrogens with zero attached hydrogens (tertiary/aromatic N) is 3. The van der Waals surface area contributed by atoms with Crippen molar-refractivity contribution in [3.8, 4) is 0 Å². The Hall–Kier alpha value is -3.46. The molecule has 1 heterocycles. The fourth-order valence-electron chi connectivity index (χ4n) is 3.78. The number of benzene rings is 2. The van der Waals surface area contributed by atoms with E-state index in [0.29, 0.717) is 16.1 Å². The summed E-state index contributed by atoms with van der Waals surface area (Å²) in [7, 11) is 0. The fourth-order valence-corrected chi connectivity index (χ4v) is 3.90. The second kappa shape index (κ2) is 11.6. The number of nitro groups is 1. The summed E-state index contributed by atoms with van der Waals surface area (Å²) >= 11 is 5.87. The van der Waals surface area contributed by atoms with Crippen molar-refractivity contribution in [2.24, 2.45) is 11.0 Å². The van der Waals surface area contributed by atoms with Gasteiger partial charge in [-0.2, -0.15) is 5.10 Å². The Morgan fingerprint density at radius 2 is 1.79 bits per heavy atom. The molecule has 1 atom stereocenters. The van der Waals surface area contributed by atoms with Crippen LogP contribution in [0.5, 0.6) is 0 Å². The summed E-state index contributed by atoms with van der Waals surface area (Å²) in [5, 5.41) is 18.5. The zero-order valence-electron chi connectivity index (χ0n) is 19.2. The van der Waals surface area contributed by atoms with Crippen molar-refractivity contribution in [1.29, 1.82) is 0 Å². The maximum atomic E-state index is 12.8. The second-order valence-corrected chi connectivity index (χ2v) is 8.92. The Bertz CT molecular complexity index is 1070. The third-order valence-electron chi connectivity index (χ3n) is 5.64. The van der Waals surface area contributed by atoms with Crippen LogP contribution in [0.1, 0.15) is 49.0 Å². The zero-order valence-corrected chi connectivity index (χ0v) is 19.9. The molecule has 10 heteroatoms. The Kier molecular flexibility index (Phi) is 8.59. The highest BCUT2D eigenvalue weighted by atomic mass is 35.5. The molecule has 180 valence electrons. The number of amides is 2. The lowest BCUT2D eigenvalue weighted by molar-refractivity contribution is -0.384. The molecule has 2 aromatic carbocycles. The molecule has 1 saturated heterocycles. The van der Waals surface area contributed by atoms with Crippen molar-refractivity contribution in [2.75, 3.05) is 18.0 Å². The number of anilines is 1. The van der Waals surface area contributed by atoms with Gasteiger partial charge in [0, 0.05) is 47.1 Å². The lowest BCUT2D eigenvalue weighted by Crippen LogP contribution is -2.48. The van der Waals surface area contributed by atoms with Crippen LogP contribution in [0.2, 0.25) is 5.02 Å². The molecule has 1 fully saturated rings. The molecule has 3 rings (SSSR count). The van der Waals surface area contributed by atoms with Crippen molar-refractivity contribution < 1.29 is 14.5 Å². The standard InChI is InChI=1S/C24H28ClN5O4/c1-16(2)22(27-23(31)17-6-8-19(25)9-7-17)24(32)28-26-15-18-14-20(30(33)34)10-11-21(18)29-12-4-3-5-13-29/h6-11,14-16,22H,3-5,12-13H2,1-2H3,(H,27,31)(H,28,32)/b26-15-. The van der Waals surface area contributed by atoms with Gasteiger partial charge in [0.2, 0.25) is 0 Å². The van der Waals surface area contributed by atoms with Crippen LogP contribution in [0.3, 0.4) is 0 Å². The molecule has 2 N–H and O–H groups in total. The molecule has 0 aliphatic carbocycles. The Morgan fingerprint density at radius 1 is 1.12 bits per heavy atom. The van der Waals surface area contributed by atoms with E-state index in [0.717, 1.165) is 38.0 Å². The molecule has 0 bridgehead atoms. The molecule has 0 saturated carbocycles. The van der Waals surface area contributed by atoms with Gasteiger partial charge >= 0.3 is 0 Å². The van der Waals surface area contributed by atoms with Crippen LogP contribution < -0.4 is 15.6 Å². The molecule has 1 aliphatic heterocycles. The van der Waals surface area contributed by atoms with Gasteiger partial charge in [0.15, 0.2) is 0 Å². The smallest absolute Gasteiger partial charge is 0.270 e. The van der Waals surface area contributed by atoms with Gasteiger partial charge in [0.05, 0.1) is 11.1 Å². The lowest BCUT2D eigenvalue weighted by Gasteiger charge is -2.29. The van der Waals surface area contributed by atoms with Crippen molar-refractivity contribution in [1.82, 2.24) is 10.7 Å². The van der Waals surface area contributed by atoms with E-state index < -0.39 is 22.8 Å². The van der Waals surface area contributed by atoms with Gasteiger partial charge in [-0.3, -0.25) is 19.7 Å². The number of piperidine rings is 1. The average molecular weight is 486 g/mol. The van der Waals surface area contributed by atoms with Crippen LogP contribution in [0.4, 0.5) is 11.4 Å². The highest BCUT2D eigenvalue weighted by molar-refractivity contribution is 6.30. The molecule has 9 nitrogen and oxygen atoms in total. The van der Waals surface area contributed by atoms with E-state index >= 15 is 0 Å². The maximum Gasteiger partial charge on any atom is 0.270 e. The molecule has 2 aromatic rings. The number of hydrogen-bond donors (Lipinski definition) is 2. The van der Waals surface area contributed by atoms with E-state index in [1.165, 1.54) is 18.3 Å². The van der Waals surface area contributed by atoms with Gasteiger partial charge in [-0.15, -0.1) is 0 Å². The summed E-state index contributed by atoms with van der Waals surface area (Å²) < 4.78 is 0. The highest BCUT2D eigenvalue weighted by Gasteiger charge is 2.24. The van der Waals surface area contributed by atoms with Crippen LogP contribution in [-0.2, 0) is 4.79 Å². The quantitative estimate of drug-likeness (QED) is 0.331. The first-order valence-corrected chi connectivity index (χ1v) is 11.6. The summed E-state index contributed by atoms with van der Waals surface area (Å²) in [6.45, 7) is 5.34. The Morgan fingerprint density at radius 3 is 2.41 bits per heavy atom. The number of rotatable bonds is 8. The summed E-state index contributed by atoms with van der Waals surface area (Å²) in [5.74, 6) is -1.09. The van der Waals surface area contributed by atoms with E-state index in [4.69, 9.17) is 11.6 Å². The van der Waals surface area contributed by atoms with Crippen molar-refractivity contribution in [3.63, 3.8) is 0 Å². The summed E-state index contributed by atoms with van der Waals surface area (Å²) in [5.41, 5.74) is 4.17. The van der Waals surface area contributed by atoms with Crippen molar-refractivity contribution in [2.45, 2.75) is 39.2 Å². The van der Waals surface area contributed by atoms with Crippen molar-refractivity contribution >= 4 is 41.0 Å². The lowest BCUT2D eigenvalue weighted by atomic mass is 10.0. The average Bonchev–Trinajstić information content (AvgIpc) is 2.83. The summed E-state index contributed by atoms with van der Waals surface area (Å²) in [6.07, 6.45) is 4.66. The van der Waals surface area contributed by atoms with Gasteiger partial charge in [0.25, 0.3) is 17.5 Å². The molecule has 1 unspecified atom stereocenters. The van der Waals surface area contributed by atoms with Crippen LogP contribution >= 0.6 is 11.6 Å². The van der Waals surface area contributed by atoms with E-state index in [-0.39, 0.29) is 11.6 Å². The minimum absolute atomic E-state index is 0.0520. The Labute approximate surface area is 203 Å². The van der Waals surface area contributed by atoms with Gasteiger partial charge in [0.1, 0.15) is 6.04 Å². The number of nitro benzene ring substituents is 1. The van der Waals surface area contributed by atoms with Crippen molar-refractivity contribution in [3.05, 3.63) is 68.7 Å². The minimum Gasteiger partial charge on any atom is -0.371 e. The first kappa shape index (κ1) is 25.2. The normalized spacial score (nSPS) is 14.8. The predicted molar refractivity (Wildman–Crippen MR) is 132 cm³/mol.